The number of nitrogens with one attached hydrogen (secondary N) is 2. The molecule has 3 N–H and O–H groups in total. The van der Waals surface area contributed by atoms with Crippen molar-refractivity contribution in [1.29, 1.82) is 0 Å². The van der Waals surface area contributed by atoms with Crippen LogP contribution < -0.4 is 10.6 Å². The summed E-state index contributed by atoms with van der Waals surface area (Å²) in [5, 5.41) is 18.2. The molecule has 4 rings (SSSR count). The highest BCUT2D eigenvalue weighted by Gasteiger charge is 2.26. The molecule has 0 bridgehead atoms. The van der Waals surface area contributed by atoms with Gasteiger partial charge >= 0.3 is 5.97 Å². The van der Waals surface area contributed by atoms with E-state index in [1.165, 1.54) is 0 Å². The fraction of sp³-hybridized carbons (Fsp3) is 0.280. The topological polar surface area (TPSA) is 104 Å². The molecule has 32 heavy (non-hydrogen) atoms. The zero-order chi connectivity index (χ0) is 22.5. The van der Waals surface area contributed by atoms with Crippen LogP contribution in [-0.2, 0) is 16.0 Å². The van der Waals surface area contributed by atoms with Gasteiger partial charge in [0.15, 0.2) is 5.78 Å². The number of carbonyl (C=O) groups is 2. The van der Waals surface area contributed by atoms with Crippen LogP contribution in [0.3, 0.4) is 0 Å². The Morgan fingerprint density at radius 3 is 2.69 bits per heavy atom. The number of Topliss-reactive ketones (excluding diaryl/α,β-unsaturated/α-hetero) is 1. The van der Waals surface area contributed by atoms with Crippen molar-refractivity contribution in [1.82, 2.24) is 15.3 Å². The van der Waals surface area contributed by atoms with Crippen molar-refractivity contribution < 1.29 is 14.7 Å². The first kappa shape index (κ1) is 21.5. The largest absolute Gasteiger partial charge is 0.480 e. The second-order valence-corrected chi connectivity index (χ2v) is 7.95. The van der Waals surface area contributed by atoms with Crippen molar-refractivity contribution in [2.24, 2.45) is 0 Å². The van der Waals surface area contributed by atoms with E-state index in [1.54, 1.807) is 18.6 Å². The predicted molar refractivity (Wildman–Crippen MR) is 124 cm³/mol. The Labute approximate surface area is 186 Å². The zero-order valence-electron chi connectivity index (χ0n) is 18.0. The number of allylic oxidation sites excluding steroid dienone is 2. The maximum atomic E-state index is 12.1. The number of anilines is 2. The first-order valence-corrected chi connectivity index (χ1v) is 10.8. The monoisotopic (exact) mass is 430 g/mol. The zero-order valence-corrected chi connectivity index (χ0v) is 18.0. The van der Waals surface area contributed by atoms with E-state index in [1.807, 2.05) is 43.3 Å². The van der Waals surface area contributed by atoms with Crippen molar-refractivity contribution >= 4 is 34.0 Å². The average Bonchev–Trinajstić information content (AvgIpc) is 3.14. The average molecular weight is 431 g/mol. The summed E-state index contributed by atoms with van der Waals surface area (Å²) in [6, 6.07) is 10.7. The van der Waals surface area contributed by atoms with Crippen molar-refractivity contribution in [2.75, 3.05) is 5.32 Å². The minimum atomic E-state index is -0.927. The van der Waals surface area contributed by atoms with Crippen LogP contribution in [-0.4, -0.2) is 32.9 Å². The molecular formula is C25H26N4O3. The summed E-state index contributed by atoms with van der Waals surface area (Å²) < 4.78 is 0. The molecule has 0 fully saturated rings. The van der Waals surface area contributed by atoms with E-state index < -0.39 is 12.0 Å². The number of carboxylic acid groups (broad SMARTS) is 1. The van der Waals surface area contributed by atoms with E-state index in [2.05, 4.69) is 20.6 Å². The van der Waals surface area contributed by atoms with Gasteiger partial charge in [-0.05, 0) is 42.7 Å². The highest BCUT2D eigenvalue weighted by Crippen LogP contribution is 2.26. The van der Waals surface area contributed by atoms with Crippen molar-refractivity contribution in [3.63, 3.8) is 0 Å². The van der Waals surface area contributed by atoms with E-state index in [4.69, 9.17) is 0 Å². The van der Waals surface area contributed by atoms with Gasteiger partial charge in [-0.1, -0.05) is 25.5 Å². The fourth-order valence-corrected chi connectivity index (χ4v) is 4.03. The summed E-state index contributed by atoms with van der Waals surface area (Å²) >= 11 is 0. The molecule has 0 aliphatic heterocycles. The standard InChI is InChI=1S/C25H26N4O3/c1-2-3-20-21(8-9-23(20)30)29-22(25(31)32)14-16-4-6-18(7-5-16)28-24-19-11-12-26-15-17(19)10-13-27-24/h4-7,10-13,15,22,29H,2-3,8-9,14H2,1H3,(H,27,28)(H,31,32)/t22-/m0/s1. The lowest BCUT2D eigenvalue weighted by atomic mass is 10.0. The molecule has 164 valence electrons. The Morgan fingerprint density at radius 2 is 1.94 bits per heavy atom. The molecule has 2 aromatic heterocycles. The number of pyridine rings is 2. The molecule has 7 nitrogen and oxygen atoms in total. The van der Waals surface area contributed by atoms with Crippen LogP contribution in [0.5, 0.6) is 0 Å². The van der Waals surface area contributed by atoms with Crippen LogP contribution in [0, 0.1) is 0 Å². The Balaban J connectivity index is 1.47. The molecule has 0 saturated heterocycles. The van der Waals surface area contributed by atoms with Crippen molar-refractivity contribution in [2.45, 2.75) is 45.1 Å². The minimum absolute atomic E-state index is 0.131. The molecule has 0 saturated carbocycles. The third-order valence-corrected chi connectivity index (χ3v) is 5.67. The molecule has 1 atom stereocenters. The number of rotatable bonds is 9. The quantitative estimate of drug-likeness (QED) is 0.463. The fourth-order valence-electron chi connectivity index (χ4n) is 4.03. The van der Waals surface area contributed by atoms with Crippen LogP contribution in [0.4, 0.5) is 11.5 Å². The number of carbonyl (C=O) groups excluding carboxylic acids is 1. The molecule has 0 spiro atoms. The maximum absolute atomic E-state index is 12.1. The normalized spacial score (nSPS) is 14.6. The number of ketones is 1. The first-order valence-electron chi connectivity index (χ1n) is 10.8. The van der Waals surface area contributed by atoms with Gasteiger partial charge < -0.3 is 15.7 Å². The SMILES string of the molecule is CCCC1=C(N[C@@H](Cc2ccc(Nc3nccc4cnccc34)cc2)C(=O)O)CCC1=O. The molecule has 0 radical (unpaired) electrons. The van der Waals surface area contributed by atoms with E-state index >= 15 is 0 Å². The molecular weight excluding hydrogens is 404 g/mol. The second-order valence-electron chi connectivity index (χ2n) is 7.95. The lowest BCUT2D eigenvalue weighted by Gasteiger charge is -2.18. The smallest absolute Gasteiger partial charge is 0.326 e. The van der Waals surface area contributed by atoms with E-state index in [-0.39, 0.29) is 5.78 Å². The van der Waals surface area contributed by atoms with Crippen LogP contribution in [0.25, 0.3) is 10.8 Å². The van der Waals surface area contributed by atoms with Gasteiger partial charge in [-0.2, -0.15) is 0 Å². The number of hydrogen-bond donors (Lipinski definition) is 3. The number of fused-ring (bicyclic) bond motifs is 1. The molecule has 1 aromatic carbocycles. The summed E-state index contributed by atoms with van der Waals surface area (Å²) in [6.45, 7) is 2.02. The van der Waals surface area contributed by atoms with Crippen LogP contribution in [0.1, 0.15) is 38.2 Å². The van der Waals surface area contributed by atoms with Gasteiger partial charge in [0.2, 0.25) is 0 Å². The highest BCUT2D eigenvalue weighted by molar-refractivity contribution is 5.98. The van der Waals surface area contributed by atoms with E-state index in [9.17, 15) is 14.7 Å². The third-order valence-electron chi connectivity index (χ3n) is 5.67. The lowest BCUT2D eigenvalue weighted by molar-refractivity contribution is -0.139. The van der Waals surface area contributed by atoms with Gasteiger partial charge in [-0.25, -0.2) is 9.78 Å². The predicted octanol–water partition coefficient (Wildman–Crippen LogP) is 4.38. The van der Waals surface area contributed by atoms with Crippen molar-refractivity contribution in [3.05, 3.63) is 71.8 Å². The minimum Gasteiger partial charge on any atom is -0.480 e. The first-order chi connectivity index (χ1) is 15.5. The van der Waals surface area contributed by atoms with Gasteiger partial charge in [0, 0.05) is 59.2 Å². The van der Waals surface area contributed by atoms with Gasteiger partial charge in [0.05, 0.1) is 0 Å². The number of aromatic nitrogens is 2. The Kier molecular flexibility index (Phi) is 6.44. The van der Waals surface area contributed by atoms with Gasteiger partial charge in [-0.3, -0.25) is 9.78 Å². The Morgan fingerprint density at radius 1 is 1.12 bits per heavy atom. The van der Waals surface area contributed by atoms with E-state index in [0.717, 1.165) is 45.5 Å². The number of carboxylic acids is 1. The molecule has 0 amide bonds. The molecule has 1 aliphatic carbocycles. The number of nitrogens with zero attached hydrogens (tertiary/aromatic N) is 2. The van der Waals surface area contributed by atoms with Crippen LogP contribution in [0.2, 0.25) is 0 Å². The summed E-state index contributed by atoms with van der Waals surface area (Å²) in [6.07, 6.45) is 8.19. The summed E-state index contributed by atoms with van der Waals surface area (Å²) in [4.78, 5) is 32.5. The Hall–Kier alpha value is -3.74. The Bertz CT molecular complexity index is 1170. The van der Waals surface area contributed by atoms with Crippen LogP contribution >= 0.6 is 0 Å². The number of aliphatic carboxylic acids is 1. The van der Waals surface area contributed by atoms with E-state index in [0.29, 0.717) is 25.7 Å². The molecule has 1 aliphatic rings. The summed E-state index contributed by atoms with van der Waals surface area (Å²) in [5.41, 5.74) is 3.31. The summed E-state index contributed by atoms with van der Waals surface area (Å²) in [5.74, 6) is -0.0563. The molecule has 2 heterocycles. The molecule has 0 unspecified atom stereocenters. The van der Waals surface area contributed by atoms with Gasteiger partial charge in [-0.15, -0.1) is 0 Å². The second kappa shape index (κ2) is 9.60. The highest BCUT2D eigenvalue weighted by atomic mass is 16.4. The third kappa shape index (κ3) is 4.77. The van der Waals surface area contributed by atoms with Crippen molar-refractivity contribution in [3.8, 4) is 0 Å². The molecule has 3 aromatic rings. The van der Waals surface area contributed by atoms with Crippen LogP contribution in [0.15, 0.2) is 66.3 Å². The lowest BCUT2D eigenvalue weighted by Crippen LogP contribution is -2.38. The molecule has 7 heteroatoms. The van der Waals surface area contributed by atoms with Gasteiger partial charge in [0.25, 0.3) is 0 Å². The number of hydrogen-bond acceptors (Lipinski definition) is 6. The number of benzene rings is 1. The summed E-state index contributed by atoms with van der Waals surface area (Å²) in [7, 11) is 0. The van der Waals surface area contributed by atoms with Gasteiger partial charge in [0.1, 0.15) is 11.9 Å². The maximum Gasteiger partial charge on any atom is 0.326 e.